The number of rotatable bonds is 3. The average molecular weight is 280 g/mol. The Balaban J connectivity index is 1.81. The Morgan fingerprint density at radius 3 is 3.17 bits per heavy atom. The quantitative estimate of drug-likeness (QED) is 0.750. The number of aliphatic hydroxyl groups is 1. The van der Waals surface area contributed by atoms with Gasteiger partial charge >= 0.3 is 0 Å². The zero-order valence-electron chi connectivity index (χ0n) is 9.32. The molecule has 0 amide bonds. The van der Waals surface area contributed by atoms with Crippen LogP contribution in [0.25, 0.3) is 4.96 Å². The smallest absolute Gasteiger partial charge is 0.193 e. The van der Waals surface area contributed by atoms with E-state index in [1.165, 1.54) is 0 Å². The molecule has 3 rings (SSSR count). The minimum Gasteiger partial charge on any atom is -0.388 e. The molecule has 0 bridgehead atoms. The Morgan fingerprint density at radius 2 is 2.39 bits per heavy atom. The van der Waals surface area contributed by atoms with Crippen molar-refractivity contribution in [2.24, 2.45) is 0 Å². The Labute approximate surface area is 113 Å². The van der Waals surface area contributed by atoms with Crippen LogP contribution in [0.1, 0.15) is 17.4 Å². The molecule has 0 aliphatic heterocycles. The van der Waals surface area contributed by atoms with Crippen molar-refractivity contribution in [2.75, 3.05) is 0 Å². The van der Waals surface area contributed by atoms with Crippen LogP contribution in [0.3, 0.4) is 0 Å². The number of aliphatic hydroxyl groups excluding tert-OH is 1. The van der Waals surface area contributed by atoms with Gasteiger partial charge in [0.2, 0.25) is 0 Å². The molecular formula is C12H10ClN3OS. The lowest BCUT2D eigenvalue weighted by atomic mass is 10.1. The van der Waals surface area contributed by atoms with Gasteiger partial charge in [-0.1, -0.05) is 11.6 Å². The van der Waals surface area contributed by atoms with E-state index < -0.39 is 6.10 Å². The molecule has 3 aromatic heterocycles. The molecule has 0 fully saturated rings. The zero-order valence-corrected chi connectivity index (χ0v) is 10.9. The molecule has 18 heavy (non-hydrogen) atoms. The summed E-state index contributed by atoms with van der Waals surface area (Å²) in [7, 11) is 0. The van der Waals surface area contributed by atoms with Crippen molar-refractivity contribution in [3.8, 4) is 0 Å². The molecule has 92 valence electrons. The molecule has 1 N–H and O–H groups in total. The summed E-state index contributed by atoms with van der Waals surface area (Å²) in [5.74, 6) is 0. The van der Waals surface area contributed by atoms with Gasteiger partial charge in [0.1, 0.15) is 5.15 Å². The minimum absolute atomic E-state index is 0.386. The van der Waals surface area contributed by atoms with E-state index in [-0.39, 0.29) is 0 Å². The van der Waals surface area contributed by atoms with Crippen molar-refractivity contribution in [1.82, 2.24) is 14.4 Å². The molecule has 3 heterocycles. The summed E-state index contributed by atoms with van der Waals surface area (Å²) in [4.78, 5) is 9.26. The molecule has 6 heteroatoms. The van der Waals surface area contributed by atoms with E-state index in [1.807, 2.05) is 22.2 Å². The fraction of sp³-hybridized carbons (Fsp3) is 0.167. The summed E-state index contributed by atoms with van der Waals surface area (Å²) in [6.45, 7) is 0. The number of aromatic nitrogens is 3. The van der Waals surface area contributed by atoms with Crippen molar-refractivity contribution in [3.05, 3.63) is 52.5 Å². The maximum atomic E-state index is 10.1. The standard InChI is InChI=1S/C12H10ClN3OS/c13-11-5-8(1-2-14-11)10(17)6-9-7-16-3-4-18-12(16)15-9/h1-5,7,10,17H,6H2. The lowest BCUT2D eigenvalue weighted by Crippen LogP contribution is -2.02. The van der Waals surface area contributed by atoms with E-state index in [4.69, 9.17) is 11.6 Å². The van der Waals surface area contributed by atoms with Crippen LogP contribution >= 0.6 is 22.9 Å². The molecule has 0 aliphatic rings. The number of hydrogen-bond donors (Lipinski definition) is 1. The van der Waals surface area contributed by atoms with Gasteiger partial charge in [0.05, 0.1) is 11.8 Å². The van der Waals surface area contributed by atoms with Crippen LogP contribution in [0.2, 0.25) is 5.15 Å². The van der Waals surface area contributed by atoms with Crippen LogP contribution in [0.4, 0.5) is 0 Å². The molecular weight excluding hydrogens is 270 g/mol. The highest BCUT2D eigenvalue weighted by Crippen LogP contribution is 2.21. The van der Waals surface area contributed by atoms with E-state index in [2.05, 4.69) is 9.97 Å². The van der Waals surface area contributed by atoms with Crippen LogP contribution < -0.4 is 0 Å². The third-order valence-corrected chi connectivity index (χ3v) is 3.66. The van der Waals surface area contributed by atoms with Crippen LogP contribution in [-0.4, -0.2) is 19.5 Å². The number of pyridine rings is 1. The van der Waals surface area contributed by atoms with Crippen LogP contribution in [0.5, 0.6) is 0 Å². The third-order valence-electron chi connectivity index (χ3n) is 2.68. The molecule has 1 unspecified atom stereocenters. The summed E-state index contributed by atoms with van der Waals surface area (Å²) in [6, 6.07) is 3.43. The summed E-state index contributed by atoms with van der Waals surface area (Å²) in [5, 5.41) is 12.5. The van der Waals surface area contributed by atoms with Crippen molar-refractivity contribution in [1.29, 1.82) is 0 Å². The number of fused-ring (bicyclic) bond motifs is 1. The minimum atomic E-state index is -0.616. The molecule has 1 atom stereocenters. The van der Waals surface area contributed by atoms with Crippen molar-refractivity contribution >= 4 is 27.9 Å². The van der Waals surface area contributed by atoms with Gasteiger partial charge in [-0.2, -0.15) is 0 Å². The Bertz CT molecular complexity index is 650. The maximum absolute atomic E-state index is 10.1. The molecule has 0 spiro atoms. The normalized spacial score (nSPS) is 13.0. The fourth-order valence-corrected chi connectivity index (χ4v) is 2.72. The predicted molar refractivity (Wildman–Crippen MR) is 71.0 cm³/mol. The first-order chi connectivity index (χ1) is 8.72. The molecule has 0 saturated heterocycles. The number of imidazole rings is 1. The largest absolute Gasteiger partial charge is 0.388 e. The van der Waals surface area contributed by atoms with Crippen molar-refractivity contribution < 1.29 is 5.11 Å². The SMILES string of the molecule is OC(Cc1cn2ccsc2n1)c1ccnc(Cl)c1. The van der Waals surface area contributed by atoms with Gasteiger partial charge in [0, 0.05) is 30.4 Å². The van der Waals surface area contributed by atoms with E-state index >= 15 is 0 Å². The zero-order chi connectivity index (χ0) is 12.5. The number of nitrogens with zero attached hydrogens (tertiary/aromatic N) is 3. The van der Waals surface area contributed by atoms with E-state index in [9.17, 15) is 5.11 Å². The molecule has 0 aromatic carbocycles. The summed E-state index contributed by atoms with van der Waals surface area (Å²) in [5.41, 5.74) is 1.62. The van der Waals surface area contributed by atoms with E-state index in [0.717, 1.165) is 16.2 Å². The van der Waals surface area contributed by atoms with Gasteiger partial charge < -0.3 is 5.11 Å². The van der Waals surface area contributed by atoms with E-state index in [0.29, 0.717) is 11.6 Å². The van der Waals surface area contributed by atoms with Crippen LogP contribution in [0.15, 0.2) is 36.1 Å². The lowest BCUT2D eigenvalue weighted by Gasteiger charge is -2.08. The first kappa shape index (κ1) is 11.6. The van der Waals surface area contributed by atoms with Gasteiger partial charge in [-0.3, -0.25) is 4.40 Å². The highest BCUT2D eigenvalue weighted by molar-refractivity contribution is 7.15. The second kappa shape index (κ2) is 4.68. The van der Waals surface area contributed by atoms with Gasteiger partial charge in [-0.15, -0.1) is 11.3 Å². The van der Waals surface area contributed by atoms with Gasteiger partial charge in [0.15, 0.2) is 4.96 Å². The second-order valence-corrected chi connectivity index (χ2v) is 5.22. The van der Waals surface area contributed by atoms with Crippen LogP contribution in [0, 0.1) is 0 Å². The highest BCUT2D eigenvalue weighted by Gasteiger charge is 2.12. The summed E-state index contributed by atoms with van der Waals surface area (Å²) >= 11 is 7.37. The maximum Gasteiger partial charge on any atom is 0.193 e. The fourth-order valence-electron chi connectivity index (χ4n) is 1.82. The first-order valence-electron chi connectivity index (χ1n) is 5.43. The lowest BCUT2D eigenvalue weighted by molar-refractivity contribution is 0.177. The predicted octanol–water partition coefficient (Wildman–Crippen LogP) is 2.72. The van der Waals surface area contributed by atoms with E-state index in [1.54, 1.807) is 29.7 Å². The number of thiazole rings is 1. The third kappa shape index (κ3) is 2.25. The first-order valence-corrected chi connectivity index (χ1v) is 6.69. The summed E-state index contributed by atoms with van der Waals surface area (Å²) < 4.78 is 1.95. The highest BCUT2D eigenvalue weighted by atomic mass is 35.5. The van der Waals surface area contributed by atoms with Gasteiger partial charge in [-0.05, 0) is 17.7 Å². The Kier molecular flexibility index (Phi) is 3.03. The molecule has 0 radical (unpaired) electrons. The number of halogens is 1. The topological polar surface area (TPSA) is 50.4 Å². The van der Waals surface area contributed by atoms with Gasteiger partial charge in [0.25, 0.3) is 0 Å². The molecule has 0 saturated carbocycles. The summed E-state index contributed by atoms with van der Waals surface area (Å²) in [6.07, 6.45) is 5.32. The Hall–Kier alpha value is -1.43. The average Bonchev–Trinajstić information content (AvgIpc) is 2.89. The van der Waals surface area contributed by atoms with Crippen molar-refractivity contribution in [3.63, 3.8) is 0 Å². The van der Waals surface area contributed by atoms with Crippen LogP contribution in [-0.2, 0) is 6.42 Å². The Morgan fingerprint density at radius 1 is 1.50 bits per heavy atom. The monoisotopic (exact) mass is 279 g/mol. The molecule has 0 aliphatic carbocycles. The molecule has 4 nitrogen and oxygen atoms in total. The molecule has 3 aromatic rings. The second-order valence-electron chi connectivity index (χ2n) is 3.96. The van der Waals surface area contributed by atoms with Crippen molar-refractivity contribution in [2.45, 2.75) is 12.5 Å². The number of hydrogen-bond acceptors (Lipinski definition) is 4. The van der Waals surface area contributed by atoms with Gasteiger partial charge in [-0.25, -0.2) is 9.97 Å².